The molecule has 1 aromatic heterocycles. The maximum Gasteiger partial charge on any atom is 0.317 e. The fraction of sp³-hybridized carbons (Fsp3) is 0.407. The van der Waals surface area contributed by atoms with Gasteiger partial charge in [0.15, 0.2) is 0 Å². The fourth-order valence-electron chi connectivity index (χ4n) is 4.15. The summed E-state index contributed by atoms with van der Waals surface area (Å²) in [4.78, 5) is 15.0. The molecule has 1 aliphatic heterocycles. The summed E-state index contributed by atoms with van der Waals surface area (Å²) in [6.45, 7) is 7.68. The average molecular weight is 463 g/mol. The molecule has 0 bridgehead atoms. The van der Waals surface area contributed by atoms with E-state index in [9.17, 15) is 4.79 Å². The number of urea groups is 1. The van der Waals surface area contributed by atoms with Crippen LogP contribution in [0.3, 0.4) is 0 Å². The van der Waals surface area contributed by atoms with Crippen LogP contribution in [0.15, 0.2) is 60.7 Å². The normalized spacial score (nSPS) is 15.5. The molecule has 2 heterocycles. The SMILES string of the molecule is CCc1nn(-c2ccccc2)c(Oc2ccccc2)c1CN(C[C@H]1CCCO1)C(=O)NC(C)C. The number of rotatable bonds is 9. The van der Waals surface area contributed by atoms with Crippen LogP contribution < -0.4 is 10.1 Å². The summed E-state index contributed by atoms with van der Waals surface area (Å²) in [5.74, 6) is 1.35. The van der Waals surface area contributed by atoms with Crippen LogP contribution in [-0.4, -0.2) is 46.0 Å². The van der Waals surface area contributed by atoms with Gasteiger partial charge in [-0.1, -0.05) is 43.3 Å². The third-order valence-corrected chi connectivity index (χ3v) is 5.81. The van der Waals surface area contributed by atoms with Crippen molar-refractivity contribution in [3.63, 3.8) is 0 Å². The predicted molar refractivity (Wildman–Crippen MR) is 133 cm³/mol. The van der Waals surface area contributed by atoms with Crippen molar-refractivity contribution in [1.82, 2.24) is 20.0 Å². The molecule has 2 amide bonds. The fourth-order valence-corrected chi connectivity index (χ4v) is 4.15. The van der Waals surface area contributed by atoms with E-state index in [1.807, 2.05) is 84.1 Å². The van der Waals surface area contributed by atoms with E-state index in [2.05, 4.69) is 12.2 Å². The van der Waals surface area contributed by atoms with Gasteiger partial charge in [-0.05, 0) is 57.4 Å². The van der Waals surface area contributed by atoms with Crippen molar-refractivity contribution in [3.05, 3.63) is 71.9 Å². The minimum atomic E-state index is -0.106. The van der Waals surface area contributed by atoms with Crippen molar-refractivity contribution in [2.45, 2.75) is 58.7 Å². The smallest absolute Gasteiger partial charge is 0.317 e. The van der Waals surface area contributed by atoms with E-state index in [0.29, 0.717) is 19.0 Å². The standard InChI is InChI=1S/C27H34N4O3/c1-4-25-24(19-30(27(32)28-20(2)3)18-23-16-11-17-33-23)26(34-22-14-9-6-10-15-22)31(29-25)21-12-7-5-8-13-21/h5-10,12-15,20,23H,4,11,16-19H2,1-3H3,(H,28,32)/t23-/m1/s1. The van der Waals surface area contributed by atoms with E-state index in [4.69, 9.17) is 14.6 Å². The predicted octanol–water partition coefficient (Wildman–Crippen LogP) is 5.33. The van der Waals surface area contributed by atoms with E-state index >= 15 is 0 Å². The molecule has 1 saturated heterocycles. The lowest BCUT2D eigenvalue weighted by Crippen LogP contribution is -2.45. The number of nitrogens with one attached hydrogen (secondary N) is 1. The first-order chi connectivity index (χ1) is 16.5. The van der Waals surface area contributed by atoms with Gasteiger partial charge in [-0.2, -0.15) is 5.10 Å². The van der Waals surface area contributed by atoms with Crippen LogP contribution in [0.1, 0.15) is 44.9 Å². The Labute approximate surface area is 201 Å². The number of amides is 2. The highest BCUT2D eigenvalue weighted by molar-refractivity contribution is 5.74. The number of carbonyl (C=O) groups excluding carboxylic acids is 1. The lowest BCUT2D eigenvalue weighted by Gasteiger charge is -2.27. The molecule has 1 N–H and O–H groups in total. The van der Waals surface area contributed by atoms with Gasteiger partial charge in [-0.3, -0.25) is 0 Å². The van der Waals surface area contributed by atoms with Crippen molar-refractivity contribution in [1.29, 1.82) is 0 Å². The van der Waals surface area contributed by atoms with Crippen LogP contribution in [0.25, 0.3) is 5.69 Å². The number of aryl methyl sites for hydroxylation is 1. The van der Waals surface area contributed by atoms with Crippen molar-refractivity contribution < 1.29 is 14.3 Å². The Morgan fingerprint density at radius 3 is 2.50 bits per heavy atom. The topological polar surface area (TPSA) is 68.6 Å². The molecule has 1 fully saturated rings. The minimum absolute atomic E-state index is 0.0391. The van der Waals surface area contributed by atoms with Gasteiger partial charge >= 0.3 is 6.03 Å². The molecule has 7 heteroatoms. The largest absolute Gasteiger partial charge is 0.439 e. The molecular formula is C27H34N4O3. The van der Waals surface area contributed by atoms with Crippen LogP contribution >= 0.6 is 0 Å². The number of hydrogen-bond acceptors (Lipinski definition) is 4. The number of aromatic nitrogens is 2. The molecule has 0 spiro atoms. The minimum Gasteiger partial charge on any atom is -0.439 e. The highest BCUT2D eigenvalue weighted by atomic mass is 16.5. The second-order valence-corrected chi connectivity index (χ2v) is 8.87. The first kappa shape index (κ1) is 23.8. The van der Waals surface area contributed by atoms with E-state index in [-0.39, 0.29) is 18.2 Å². The maximum atomic E-state index is 13.2. The number of para-hydroxylation sites is 2. The number of carbonyl (C=O) groups is 1. The Morgan fingerprint density at radius 1 is 1.18 bits per heavy atom. The van der Waals surface area contributed by atoms with Gasteiger partial charge in [-0.15, -0.1) is 0 Å². The third kappa shape index (κ3) is 5.78. The summed E-state index contributed by atoms with van der Waals surface area (Å²) < 4.78 is 14.1. The molecule has 1 aliphatic rings. The molecule has 3 aromatic rings. The lowest BCUT2D eigenvalue weighted by atomic mass is 10.1. The van der Waals surface area contributed by atoms with Crippen LogP contribution in [0.5, 0.6) is 11.6 Å². The van der Waals surface area contributed by atoms with Crippen molar-refractivity contribution in [3.8, 4) is 17.3 Å². The van der Waals surface area contributed by atoms with Gasteiger partial charge in [0, 0.05) is 19.2 Å². The molecule has 7 nitrogen and oxygen atoms in total. The van der Waals surface area contributed by atoms with Crippen LogP contribution in [-0.2, 0) is 17.7 Å². The lowest BCUT2D eigenvalue weighted by molar-refractivity contribution is 0.0788. The van der Waals surface area contributed by atoms with Gasteiger partial charge in [0.1, 0.15) is 5.75 Å². The molecule has 34 heavy (non-hydrogen) atoms. The summed E-state index contributed by atoms with van der Waals surface area (Å²) in [6, 6.07) is 19.6. The Hall–Kier alpha value is -3.32. The van der Waals surface area contributed by atoms with E-state index < -0.39 is 0 Å². The zero-order valence-corrected chi connectivity index (χ0v) is 20.2. The van der Waals surface area contributed by atoms with Crippen LogP contribution in [0.2, 0.25) is 0 Å². The molecule has 180 valence electrons. The van der Waals surface area contributed by atoms with Crippen LogP contribution in [0, 0.1) is 0 Å². The monoisotopic (exact) mass is 462 g/mol. The summed E-state index contributed by atoms with van der Waals surface area (Å²) in [5.41, 5.74) is 2.73. The zero-order chi connectivity index (χ0) is 23.9. The van der Waals surface area contributed by atoms with E-state index in [1.165, 1.54) is 0 Å². The maximum absolute atomic E-state index is 13.2. The third-order valence-electron chi connectivity index (χ3n) is 5.81. The molecule has 0 unspecified atom stereocenters. The first-order valence-electron chi connectivity index (χ1n) is 12.1. The molecule has 1 atom stereocenters. The Bertz CT molecular complexity index is 1060. The van der Waals surface area contributed by atoms with Gasteiger partial charge in [-0.25, -0.2) is 9.48 Å². The number of ether oxygens (including phenoxy) is 2. The molecule has 0 radical (unpaired) electrons. The van der Waals surface area contributed by atoms with E-state index in [1.54, 1.807) is 0 Å². The van der Waals surface area contributed by atoms with Gasteiger partial charge < -0.3 is 19.7 Å². The number of hydrogen-bond donors (Lipinski definition) is 1. The summed E-state index contributed by atoms with van der Waals surface area (Å²) >= 11 is 0. The second-order valence-electron chi connectivity index (χ2n) is 8.87. The van der Waals surface area contributed by atoms with Gasteiger partial charge in [0.2, 0.25) is 5.88 Å². The van der Waals surface area contributed by atoms with Crippen molar-refractivity contribution in [2.75, 3.05) is 13.2 Å². The number of benzene rings is 2. The van der Waals surface area contributed by atoms with Crippen LogP contribution in [0.4, 0.5) is 4.79 Å². The molecule has 2 aromatic carbocycles. The number of nitrogens with zero attached hydrogens (tertiary/aromatic N) is 3. The van der Waals surface area contributed by atoms with E-state index in [0.717, 1.165) is 48.6 Å². The molecule has 0 aliphatic carbocycles. The van der Waals surface area contributed by atoms with Gasteiger partial charge in [0.05, 0.1) is 29.6 Å². The zero-order valence-electron chi connectivity index (χ0n) is 20.2. The van der Waals surface area contributed by atoms with Crippen molar-refractivity contribution in [2.24, 2.45) is 0 Å². The Balaban J connectivity index is 1.74. The summed E-state index contributed by atoms with van der Waals surface area (Å²) in [5, 5.41) is 7.95. The summed E-state index contributed by atoms with van der Waals surface area (Å²) in [6.07, 6.45) is 2.76. The summed E-state index contributed by atoms with van der Waals surface area (Å²) in [7, 11) is 0. The second kappa shape index (κ2) is 11.2. The van der Waals surface area contributed by atoms with Crippen molar-refractivity contribution >= 4 is 6.03 Å². The highest BCUT2D eigenvalue weighted by Crippen LogP contribution is 2.32. The first-order valence-corrected chi connectivity index (χ1v) is 12.1. The average Bonchev–Trinajstić information content (AvgIpc) is 3.47. The highest BCUT2D eigenvalue weighted by Gasteiger charge is 2.28. The quantitative estimate of drug-likeness (QED) is 0.467. The molecule has 0 saturated carbocycles. The molecular weight excluding hydrogens is 428 g/mol. The molecule has 4 rings (SSSR count). The Kier molecular flexibility index (Phi) is 7.85. The Morgan fingerprint density at radius 2 is 1.88 bits per heavy atom. The van der Waals surface area contributed by atoms with Gasteiger partial charge in [0.25, 0.3) is 0 Å².